The highest BCUT2D eigenvalue weighted by Gasteiger charge is 2.49. The van der Waals surface area contributed by atoms with Crippen LogP contribution in [0, 0.1) is 11.7 Å². The van der Waals surface area contributed by atoms with Gasteiger partial charge in [0.1, 0.15) is 0 Å². The second-order valence-corrected chi connectivity index (χ2v) is 6.25. The minimum Gasteiger partial charge on any atom is -0.494 e. The smallest absolute Gasteiger partial charge is 0.310 e. The molecule has 2 fully saturated rings. The third-order valence-corrected chi connectivity index (χ3v) is 5.35. The van der Waals surface area contributed by atoms with Gasteiger partial charge in [-0.3, -0.25) is 9.69 Å². The zero-order valence-corrected chi connectivity index (χ0v) is 14.4. The summed E-state index contributed by atoms with van der Waals surface area (Å²) in [4.78, 5) is 14.6. The standard InChI is InChI=1S/C17H22FNO3.ClH/c1-19-11-5-6-14(19)16(17(20)22-3)12(9-11)10-4-7-15(21-2)13(18)8-10;/h4,7-8,11-12,14,16H,5-6,9H2,1-3H3;1H/t11-,12-,14-,16+;/m1./s1. The first kappa shape index (κ1) is 18.0. The van der Waals surface area contributed by atoms with E-state index in [2.05, 4.69) is 11.9 Å². The maximum atomic E-state index is 14.1. The van der Waals surface area contributed by atoms with Gasteiger partial charge in [-0.25, -0.2) is 4.39 Å². The second-order valence-electron chi connectivity index (χ2n) is 6.25. The van der Waals surface area contributed by atoms with E-state index in [1.165, 1.54) is 20.3 Å². The summed E-state index contributed by atoms with van der Waals surface area (Å²) in [6, 6.07) is 5.65. The topological polar surface area (TPSA) is 38.8 Å². The van der Waals surface area contributed by atoms with Crippen molar-refractivity contribution in [2.75, 3.05) is 21.3 Å². The van der Waals surface area contributed by atoms with Gasteiger partial charge in [0, 0.05) is 18.0 Å². The number of esters is 1. The van der Waals surface area contributed by atoms with E-state index >= 15 is 0 Å². The quantitative estimate of drug-likeness (QED) is 0.791. The van der Waals surface area contributed by atoms with Crippen LogP contribution in [0.25, 0.3) is 0 Å². The number of carbonyl (C=O) groups is 1. The van der Waals surface area contributed by atoms with E-state index in [0.29, 0.717) is 6.04 Å². The van der Waals surface area contributed by atoms with Crippen molar-refractivity contribution in [2.24, 2.45) is 5.92 Å². The summed E-state index contributed by atoms with van der Waals surface area (Å²) in [6.45, 7) is 0. The Morgan fingerprint density at radius 1 is 1.30 bits per heavy atom. The highest BCUT2D eigenvalue weighted by Crippen LogP contribution is 2.47. The number of carbonyl (C=O) groups excluding carboxylic acids is 1. The lowest BCUT2D eigenvalue weighted by atomic mass is 9.76. The Labute approximate surface area is 142 Å². The normalized spacial score (nSPS) is 29.7. The van der Waals surface area contributed by atoms with E-state index in [-0.39, 0.29) is 47.8 Å². The maximum absolute atomic E-state index is 14.1. The third kappa shape index (κ3) is 3.04. The van der Waals surface area contributed by atoms with Gasteiger partial charge in [-0.05, 0) is 44.0 Å². The number of methoxy groups -OCH3 is 2. The van der Waals surface area contributed by atoms with Crippen molar-refractivity contribution in [1.82, 2.24) is 4.90 Å². The number of rotatable bonds is 3. The average molecular weight is 344 g/mol. The summed E-state index contributed by atoms with van der Waals surface area (Å²) in [5, 5.41) is 0. The average Bonchev–Trinajstić information content (AvgIpc) is 2.76. The van der Waals surface area contributed by atoms with Crippen LogP contribution in [0.5, 0.6) is 5.75 Å². The minimum atomic E-state index is -0.380. The number of nitrogens with zero attached hydrogens (tertiary/aromatic N) is 1. The van der Waals surface area contributed by atoms with Crippen molar-refractivity contribution in [3.63, 3.8) is 0 Å². The van der Waals surface area contributed by atoms with Crippen molar-refractivity contribution >= 4 is 18.4 Å². The third-order valence-electron chi connectivity index (χ3n) is 5.35. The van der Waals surface area contributed by atoms with Gasteiger partial charge >= 0.3 is 5.97 Å². The molecule has 1 aromatic rings. The predicted octanol–water partition coefficient (Wildman–Crippen LogP) is 3.00. The Kier molecular flexibility index (Phi) is 5.53. The Morgan fingerprint density at radius 2 is 2.04 bits per heavy atom. The summed E-state index contributed by atoms with van der Waals surface area (Å²) < 4.78 is 24.1. The maximum Gasteiger partial charge on any atom is 0.310 e. The molecule has 23 heavy (non-hydrogen) atoms. The summed E-state index contributed by atoms with van der Waals surface area (Å²) in [6.07, 6.45) is 2.94. The monoisotopic (exact) mass is 343 g/mol. The number of fused-ring (bicyclic) bond motifs is 2. The molecule has 0 saturated carbocycles. The number of benzene rings is 1. The van der Waals surface area contributed by atoms with Gasteiger partial charge in [0.2, 0.25) is 0 Å². The van der Waals surface area contributed by atoms with Gasteiger partial charge in [0.15, 0.2) is 11.6 Å². The fourth-order valence-corrected chi connectivity index (χ4v) is 4.18. The molecule has 1 aromatic carbocycles. The molecule has 0 spiro atoms. The molecule has 2 saturated heterocycles. The van der Waals surface area contributed by atoms with Crippen LogP contribution in [0.2, 0.25) is 0 Å². The lowest BCUT2D eigenvalue weighted by molar-refractivity contribution is -0.150. The van der Waals surface area contributed by atoms with Crippen molar-refractivity contribution in [1.29, 1.82) is 0 Å². The minimum absolute atomic E-state index is 0. The molecule has 0 radical (unpaired) electrons. The lowest BCUT2D eigenvalue weighted by Gasteiger charge is -2.41. The lowest BCUT2D eigenvalue weighted by Crippen LogP contribution is -2.49. The Bertz CT molecular complexity index is 583. The molecule has 2 aliphatic rings. The number of hydrogen-bond acceptors (Lipinski definition) is 4. The fraction of sp³-hybridized carbons (Fsp3) is 0.588. The molecular formula is C17H23ClFNO3. The summed E-state index contributed by atoms with van der Waals surface area (Å²) in [7, 11) is 4.95. The van der Waals surface area contributed by atoms with Crippen molar-refractivity contribution in [3.8, 4) is 5.75 Å². The zero-order chi connectivity index (χ0) is 15.9. The first-order chi connectivity index (χ1) is 10.6. The molecule has 0 unspecified atom stereocenters. The number of piperidine rings is 1. The van der Waals surface area contributed by atoms with Crippen LogP contribution in [0.1, 0.15) is 30.7 Å². The van der Waals surface area contributed by atoms with Crippen LogP contribution >= 0.6 is 12.4 Å². The number of halogens is 2. The van der Waals surface area contributed by atoms with Crippen LogP contribution in [0.3, 0.4) is 0 Å². The van der Waals surface area contributed by atoms with Gasteiger partial charge in [-0.1, -0.05) is 6.07 Å². The Morgan fingerprint density at radius 3 is 2.65 bits per heavy atom. The fourth-order valence-electron chi connectivity index (χ4n) is 4.18. The van der Waals surface area contributed by atoms with Crippen molar-refractivity contribution in [3.05, 3.63) is 29.6 Å². The van der Waals surface area contributed by atoms with Gasteiger partial charge < -0.3 is 9.47 Å². The SMILES string of the molecule is COC(=O)[C@H]1[C@@H](c2ccc(OC)c(F)c2)C[C@H]2CC[C@H]1N2C.Cl. The molecule has 0 N–H and O–H groups in total. The number of hydrogen-bond donors (Lipinski definition) is 0. The molecule has 6 heteroatoms. The van der Waals surface area contributed by atoms with Crippen molar-refractivity contribution in [2.45, 2.75) is 37.3 Å². The summed E-state index contributed by atoms with van der Waals surface area (Å²) in [5.41, 5.74) is 0.860. The molecule has 0 amide bonds. The first-order valence-electron chi connectivity index (χ1n) is 7.70. The van der Waals surface area contributed by atoms with E-state index in [4.69, 9.17) is 9.47 Å². The summed E-state index contributed by atoms with van der Waals surface area (Å²) in [5.74, 6) is -0.578. The molecule has 0 aromatic heterocycles. The van der Waals surface area contributed by atoms with Crippen LogP contribution in [0.15, 0.2) is 18.2 Å². The van der Waals surface area contributed by atoms with E-state index < -0.39 is 0 Å². The van der Waals surface area contributed by atoms with E-state index in [0.717, 1.165) is 24.8 Å². The van der Waals surface area contributed by atoms with Crippen LogP contribution in [-0.2, 0) is 9.53 Å². The molecule has 4 atom stereocenters. The molecule has 4 nitrogen and oxygen atoms in total. The highest BCUT2D eigenvalue weighted by atomic mass is 35.5. The van der Waals surface area contributed by atoms with Crippen LogP contribution in [0.4, 0.5) is 4.39 Å². The zero-order valence-electron chi connectivity index (χ0n) is 13.6. The van der Waals surface area contributed by atoms with E-state index in [1.807, 2.05) is 6.07 Å². The van der Waals surface area contributed by atoms with Gasteiger partial charge in [-0.2, -0.15) is 0 Å². The van der Waals surface area contributed by atoms with Crippen LogP contribution in [-0.4, -0.2) is 44.2 Å². The van der Waals surface area contributed by atoms with Gasteiger partial charge in [0.05, 0.1) is 20.1 Å². The molecule has 128 valence electrons. The first-order valence-corrected chi connectivity index (χ1v) is 7.70. The largest absolute Gasteiger partial charge is 0.494 e. The molecule has 2 heterocycles. The Hall–Kier alpha value is -1.33. The van der Waals surface area contributed by atoms with Gasteiger partial charge in [-0.15, -0.1) is 12.4 Å². The highest BCUT2D eigenvalue weighted by molar-refractivity contribution is 5.85. The Balaban J connectivity index is 0.00000192. The van der Waals surface area contributed by atoms with Gasteiger partial charge in [0.25, 0.3) is 0 Å². The molecule has 3 rings (SSSR count). The van der Waals surface area contributed by atoms with Crippen LogP contribution < -0.4 is 4.74 Å². The molecular weight excluding hydrogens is 321 g/mol. The second kappa shape index (κ2) is 7.05. The number of ether oxygens (including phenoxy) is 2. The predicted molar refractivity (Wildman–Crippen MR) is 87.6 cm³/mol. The molecule has 0 aliphatic carbocycles. The summed E-state index contributed by atoms with van der Waals surface area (Å²) >= 11 is 0. The van der Waals surface area contributed by atoms with E-state index in [1.54, 1.807) is 6.07 Å². The molecule has 2 bridgehead atoms. The molecule has 2 aliphatic heterocycles. The van der Waals surface area contributed by atoms with Crippen molar-refractivity contribution < 1.29 is 18.7 Å². The van der Waals surface area contributed by atoms with E-state index in [9.17, 15) is 9.18 Å².